The Hall–Kier alpha value is -1.55. The Morgan fingerprint density at radius 1 is 1.43 bits per heavy atom. The molecule has 2 rings (SSSR count). The minimum absolute atomic E-state index is 0.240. The lowest BCUT2D eigenvalue weighted by Crippen LogP contribution is -2.18. The Labute approximate surface area is 82.4 Å². The zero-order valence-corrected chi connectivity index (χ0v) is 8.14. The van der Waals surface area contributed by atoms with Crippen LogP contribution in [0.4, 0.5) is 0 Å². The third-order valence-corrected chi connectivity index (χ3v) is 2.14. The van der Waals surface area contributed by atoms with Gasteiger partial charge in [0.2, 0.25) is 5.90 Å². The lowest BCUT2D eigenvalue weighted by Gasteiger charge is -2.16. The van der Waals surface area contributed by atoms with Crippen molar-refractivity contribution in [3.63, 3.8) is 0 Å². The lowest BCUT2D eigenvalue weighted by molar-refractivity contribution is -0.0588. The van der Waals surface area contributed by atoms with Crippen molar-refractivity contribution in [3.05, 3.63) is 29.8 Å². The van der Waals surface area contributed by atoms with E-state index in [2.05, 4.69) is 4.99 Å². The normalized spacial score (nSPS) is 21.9. The number of hydroxylamine groups is 2. The minimum Gasteiger partial charge on any atom is -0.508 e. The summed E-state index contributed by atoms with van der Waals surface area (Å²) in [5.74, 6) is 0.854. The van der Waals surface area contributed by atoms with E-state index in [1.807, 2.05) is 12.1 Å². The van der Waals surface area contributed by atoms with Gasteiger partial charge in [-0.05, 0) is 6.07 Å². The molecule has 1 atom stereocenters. The molecule has 74 valence electrons. The Balaban J connectivity index is 2.36. The van der Waals surface area contributed by atoms with Crippen LogP contribution in [0.15, 0.2) is 29.3 Å². The van der Waals surface area contributed by atoms with Gasteiger partial charge >= 0.3 is 0 Å². The minimum atomic E-state index is -0.240. The maximum Gasteiger partial charge on any atom is 0.208 e. The topological polar surface area (TPSA) is 45.1 Å². The van der Waals surface area contributed by atoms with E-state index in [0.29, 0.717) is 5.90 Å². The maximum absolute atomic E-state index is 9.62. The summed E-state index contributed by atoms with van der Waals surface area (Å²) >= 11 is 0. The molecule has 1 aromatic rings. The molecule has 0 amide bonds. The SMILES string of the molecule is CC1=NC(c2ccccc2O)N(C)O1. The van der Waals surface area contributed by atoms with Crippen molar-refractivity contribution in [1.29, 1.82) is 0 Å². The summed E-state index contributed by atoms with van der Waals surface area (Å²) in [6.45, 7) is 1.79. The van der Waals surface area contributed by atoms with Crippen LogP contribution in [-0.2, 0) is 4.84 Å². The molecule has 0 saturated carbocycles. The van der Waals surface area contributed by atoms with Crippen LogP contribution < -0.4 is 0 Å². The van der Waals surface area contributed by atoms with E-state index in [4.69, 9.17) is 4.84 Å². The summed E-state index contributed by atoms with van der Waals surface area (Å²) < 4.78 is 0. The monoisotopic (exact) mass is 192 g/mol. The highest BCUT2D eigenvalue weighted by molar-refractivity contribution is 5.74. The predicted molar refractivity (Wildman–Crippen MR) is 52.8 cm³/mol. The molecule has 1 aromatic carbocycles. The first-order valence-electron chi connectivity index (χ1n) is 4.41. The van der Waals surface area contributed by atoms with E-state index in [1.54, 1.807) is 31.2 Å². The number of aliphatic imine (C=N–C) groups is 1. The Morgan fingerprint density at radius 2 is 2.14 bits per heavy atom. The van der Waals surface area contributed by atoms with Gasteiger partial charge in [-0.15, -0.1) is 5.06 Å². The quantitative estimate of drug-likeness (QED) is 0.736. The molecule has 0 bridgehead atoms. The van der Waals surface area contributed by atoms with Crippen LogP contribution in [0.5, 0.6) is 5.75 Å². The number of nitrogens with zero attached hydrogens (tertiary/aromatic N) is 2. The fourth-order valence-corrected chi connectivity index (χ4v) is 1.51. The van der Waals surface area contributed by atoms with Crippen LogP contribution in [0.3, 0.4) is 0 Å². The summed E-state index contributed by atoms with van der Waals surface area (Å²) in [6, 6.07) is 7.13. The summed E-state index contributed by atoms with van der Waals surface area (Å²) in [6.07, 6.45) is -0.240. The number of phenolic OH excluding ortho intramolecular Hbond substituents is 1. The first kappa shape index (κ1) is 9.02. The average Bonchev–Trinajstić information content (AvgIpc) is 2.46. The van der Waals surface area contributed by atoms with Crippen LogP contribution in [0.1, 0.15) is 18.7 Å². The van der Waals surface area contributed by atoms with Gasteiger partial charge in [0.15, 0.2) is 6.17 Å². The molecule has 1 N–H and O–H groups in total. The molecule has 1 unspecified atom stereocenters. The second kappa shape index (κ2) is 3.31. The highest BCUT2D eigenvalue weighted by atomic mass is 16.7. The van der Waals surface area contributed by atoms with Crippen LogP contribution in [-0.4, -0.2) is 23.1 Å². The van der Waals surface area contributed by atoms with Crippen molar-refractivity contribution >= 4 is 5.90 Å². The number of hydrogen-bond acceptors (Lipinski definition) is 4. The van der Waals surface area contributed by atoms with Crippen molar-refractivity contribution in [2.24, 2.45) is 4.99 Å². The van der Waals surface area contributed by atoms with Gasteiger partial charge in [0, 0.05) is 19.5 Å². The number of hydrogen-bond donors (Lipinski definition) is 1. The molecular formula is C10H12N2O2. The predicted octanol–water partition coefficient (Wildman–Crippen LogP) is 1.69. The molecule has 0 radical (unpaired) electrons. The maximum atomic E-state index is 9.62. The van der Waals surface area contributed by atoms with E-state index in [9.17, 15) is 5.11 Å². The first-order chi connectivity index (χ1) is 6.68. The van der Waals surface area contributed by atoms with Crippen LogP contribution >= 0.6 is 0 Å². The number of rotatable bonds is 1. The number of phenols is 1. The fraction of sp³-hybridized carbons (Fsp3) is 0.300. The smallest absolute Gasteiger partial charge is 0.208 e. The third kappa shape index (κ3) is 1.44. The molecule has 0 spiro atoms. The van der Waals surface area contributed by atoms with Crippen molar-refractivity contribution in [3.8, 4) is 5.75 Å². The van der Waals surface area contributed by atoms with Crippen LogP contribution in [0, 0.1) is 0 Å². The zero-order chi connectivity index (χ0) is 10.1. The lowest BCUT2D eigenvalue weighted by atomic mass is 10.1. The largest absolute Gasteiger partial charge is 0.508 e. The van der Waals surface area contributed by atoms with Gasteiger partial charge in [-0.1, -0.05) is 18.2 Å². The van der Waals surface area contributed by atoms with Gasteiger partial charge in [-0.3, -0.25) is 0 Å². The molecule has 4 heteroatoms. The second-order valence-corrected chi connectivity index (χ2v) is 3.22. The highest BCUT2D eigenvalue weighted by Gasteiger charge is 2.26. The van der Waals surface area contributed by atoms with Crippen LogP contribution in [0.2, 0.25) is 0 Å². The van der Waals surface area contributed by atoms with E-state index in [1.165, 1.54) is 0 Å². The summed E-state index contributed by atoms with van der Waals surface area (Å²) in [7, 11) is 1.79. The molecule has 4 nitrogen and oxygen atoms in total. The molecule has 1 heterocycles. The van der Waals surface area contributed by atoms with Gasteiger partial charge in [0.1, 0.15) is 5.75 Å². The van der Waals surface area contributed by atoms with Crippen molar-refractivity contribution in [2.75, 3.05) is 7.05 Å². The van der Waals surface area contributed by atoms with E-state index >= 15 is 0 Å². The standard InChI is InChI=1S/C10H12N2O2/c1-7-11-10(12(2)14-7)8-5-3-4-6-9(8)13/h3-6,10,13H,1-2H3. The van der Waals surface area contributed by atoms with Crippen molar-refractivity contribution < 1.29 is 9.94 Å². The highest BCUT2D eigenvalue weighted by Crippen LogP contribution is 2.31. The first-order valence-corrected chi connectivity index (χ1v) is 4.41. The van der Waals surface area contributed by atoms with Gasteiger partial charge in [-0.2, -0.15) is 0 Å². The van der Waals surface area contributed by atoms with Gasteiger partial charge in [0.05, 0.1) is 0 Å². The second-order valence-electron chi connectivity index (χ2n) is 3.22. The number of benzene rings is 1. The molecule has 1 aliphatic rings. The molecule has 0 fully saturated rings. The average molecular weight is 192 g/mol. The van der Waals surface area contributed by atoms with Crippen LogP contribution in [0.25, 0.3) is 0 Å². The summed E-state index contributed by atoms with van der Waals surface area (Å²) in [4.78, 5) is 9.52. The molecule has 0 aromatic heterocycles. The van der Waals surface area contributed by atoms with E-state index < -0.39 is 0 Å². The Bertz CT molecular complexity index is 376. The molecular weight excluding hydrogens is 180 g/mol. The van der Waals surface area contributed by atoms with Gasteiger partial charge in [-0.25, -0.2) is 4.99 Å². The molecule has 0 aliphatic carbocycles. The third-order valence-electron chi connectivity index (χ3n) is 2.14. The molecule has 1 aliphatic heterocycles. The van der Waals surface area contributed by atoms with Gasteiger partial charge < -0.3 is 9.94 Å². The Kier molecular flexibility index (Phi) is 2.13. The zero-order valence-electron chi connectivity index (χ0n) is 8.14. The van der Waals surface area contributed by atoms with Crippen molar-refractivity contribution in [2.45, 2.75) is 13.1 Å². The summed E-state index contributed by atoms with van der Waals surface area (Å²) in [5.41, 5.74) is 0.756. The number of para-hydroxylation sites is 1. The van der Waals surface area contributed by atoms with Gasteiger partial charge in [0.25, 0.3) is 0 Å². The molecule has 14 heavy (non-hydrogen) atoms. The Morgan fingerprint density at radius 3 is 2.71 bits per heavy atom. The van der Waals surface area contributed by atoms with E-state index in [0.717, 1.165) is 5.56 Å². The number of aromatic hydroxyl groups is 1. The van der Waals surface area contributed by atoms with E-state index in [-0.39, 0.29) is 11.9 Å². The van der Waals surface area contributed by atoms with Crippen molar-refractivity contribution in [1.82, 2.24) is 5.06 Å². The summed E-state index contributed by atoms with van der Waals surface area (Å²) in [5, 5.41) is 11.2. The fourth-order valence-electron chi connectivity index (χ4n) is 1.51. The molecule has 0 saturated heterocycles.